The first kappa shape index (κ1) is 19.6. The van der Waals surface area contributed by atoms with Gasteiger partial charge in [-0.2, -0.15) is 9.36 Å². The lowest BCUT2D eigenvalue weighted by Gasteiger charge is -2.48. The predicted molar refractivity (Wildman–Crippen MR) is 105 cm³/mol. The number of β-lactam (4-membered cyclic amide) rings is 1. The smallest absolute Gasteiger partial charge is 0.352 e. The second kappa shape index (κ2) is 7.99. The zero-order chi connectivity index (χ0) is 20.5. The van der Waals surface area contributed by atoms with E-state index in [9.17, 15) is 19.5 Å². The number of oxime groups is 1. The number of rotatable bonds is 6. The van der Waals surface area contributed by atoms with Crippen LogP contribution in [-0.4, -0.2) is 66.1 Å². The van der Waals surface area contributed by atoms with Crippen LogP contribution < -0.4 is 11.1 Å². The molecule has 0 aromatic carbocycles. The van der Waals surface area contributed by atoms with Gasteiger partial charge in [0.25, 0.3) is 11.8 Å². The van der Waals surface area contributed by atoms with Crippen molar-refractivity contribution in [1.82, 2.24) is 19.6 Å². The van der Waals surface area contributed by atoms with Crippen molar-refractivity contribution in [3.05, 3.63) is 17.6 Å². The molecule has 2 fully saturated rings. The minimum absolute atomic E-state index is 0.0223. The fourth-order valence-electron chi connectivity index (χ4n) is 3.38. The summed E-state index contributed by atoms with van der Waals surface area (Å²) in [6, 6.07) is -0.872. The molecule has 2 aliphatic heterocycles. The van der Waals surface area contributed by atoms with E-state index in [0.29, 0.717) is 5.75 Å². The van der Waals surface area contributed by atoms with Gasteiger partial charge in [0.2, 0.25) is 11.5 Å². The fourth-order valence-corrected chi connectivity index (χ4v) is 5.01. The van der Waals surface area contributed by atoms with Crippen molar-refractivity contribution in [3.8, 4) is 0 Å². The molecule has 0 bridgehead atoms. The average molecular weight is 438 g/mol. The zero-order valence-corrected chi connectivity index (χ0v) is 16.7. The first-order valence-electron chi connectivity index (χ1n) is 8.98. The number of thioether (sulfide) groups is 1. The molecule has 1 aromatic heterocycles. The number of aromatic nitrogens is 2. The number of amides is 2. The molecule has 1 saturated carbocycles. The van der Waals surface area contributed by atoms with Crippen LogP contribution in [0.3, 0.4) is 0 Å². The lowest BCUT2D eigenvalue weighted by molar-refractivity contribution is -0.150. The largest absolute Gasteiger partial charge is 0.477 e. The van der Waals surface area contributed by atoms with E-state index < -0.39 is 29.2 Å². The Morgan fingerprint density at radius 3 is 2.79 bits per heavy atom. The molecule has 11 nitrogen and oxygen atoms in total. The summed E-state index contributed by atoms with van der Waals surface area (Å²) in [6.07, 6.45) is 5.17. The maximum absolute atomic E-state index is 12.8. The van der Waals surface area contributed by atoms with Gasteiger partial charge in [-0.05, 0) is 31.8 Å². The predicted octanol–water partition coefficient (Wildman–Crippen LogP) is 0.152. The molecule has 4 rings (SSSR count). The normalized spacial score (nSPS) is 24.6. The highest BCUT2D eigenvalue weighted by molar-refractivity contribution is 8.00. The number of carboxylic acid groups (broad SMARTS) is 1. The lowest BCUT2D eigenvalue weighted by atomic mass is 10.0. The summed E-state index contributed by atoms with van der Waals surface area (Å²) in [4.78, 5) is 47.3. The van der Waals surface area contributed by atoms with Crippen LogP contribution in [0.25, 0.3) is 0 Å². The SMILES string of the molecule is Nc1nc(C(=NOC2CCCC2)C(=O)NC2C(=O)N3C(C(=O)O)=CCS[C@@H]23)ns1. The number of aliphatic carboxylic acids is 1. The van der Waals surface area contributed by atoms with Crippen molar-refractivity contribution in [2.45, 2.75) is 43.2 Å². The molecular formula is C16H18N6O5S2. The molecule has 4 N–H and O–H groups in total. The third kappa shape index (κ3) is 3.79. The van der Waals surface area contributed by atoms with E-state index in [1.54, 1.807) is 0 Å². The fraction of sp³-hybridized carbons (Fsp3) is 0.500. The van der Waals surface area contributed by atoms with Crippen LogP contribution >= 0.6 is 23.3 Å². The molecule has 1 aromatic rings. The van der Waals surface area contributed by atoms with Gasteiger partial charge in [-0.25, -0.2) is 4.79 Å². The summed E-state index contributed by atoms with van der Waals surface area (Å²) in [6.45, 7) is 0. The number of carbonyl (C=O) groups is 3. The third-order valence-electron chi connectivity index (χ3n) is 4.82. The van der Waals surface area contributed by atoms with Gasteiger partial charge >= 0.3 is 5.97 Å². The molecule has 0 spiro atoms. The summed E-state index contributed by atoms with van der Waals surface area (Å²) >= 11 is 2.28. The topological polar surface area (TPSA) is 160 Å². The number of nitrogens with one attached hydrogen (secondary N) is 1. The first-order valence-corrected chi connectivity index (χ1v) is 10.8. The quantitative estimate of drug-likeness (QED) is 0.319. The van der Waals surface area contributed by atoms with Crippen LogP contribution in [0.2, 0.25) is 0 Å². The number of anilines is 1. The van der Waals surface area contributed by atoms with Gasteiger partial charge in [0.05, 0.1) is 0 Å². The Morgan fingerprint density at radius 1 is 1.38 bits per heavy atom. The molecular weight excluding hydrogens is 420 g/mol. The maximum Gasteiger partial charge on any atom is 0.352 e. The molecule has 3 aliphatic rings. The molecule has 0 radical (unpaired) electrons. The Hall–Kier alpha value is -2.67. The lowest BCUT2D eigenvalue weighted by Crippen LogP contribution is -2.70. The number of fused-ring (bicyclic) bond motifs is 1. The number of carbonyl (C=O) groups excluding carboxylic acids is 2. The molecule has 154 valence electrons. The zero-order valence-electron chi connectivity index (χ0n) is 15.1. The second-order valence-corrected chi connectivity index (χ2v) is 8.62. The third-order valence-corrected chi connectivity index (χ3v) is 6.54. The standard InChI is InChI=1S/C16H18N6O5S2/c17-16-19-11(21-29-16)9(20-27-7-3-1-2-4-7)12(23)18-10-13(24)22-8(15(25)26)5-6-28-14(10)22/h5,7,10,14H,1-4,6H2,(H,18,23)(H,25,26)(H2,17,19,21)/t10?,14-/m0/s1. The van der Waals surface area contributed by atoms with Gasteiger partial charge in [0, 0.05) is 17.3 Å². The highest BCUT2D eigenvalue weighted by atomic mass is 32.2. The van der Waals surface area contributed by atoms with Crippen LogP contribution in [0, 0.1) is 0 Å². The summed E-state index contributed by atoms with van der Waals surface area (Å²) in [7, 11) is 0. The second-order valence-electron chi connectivity index (χ2n) is 6.69. The van der Waals surface area contributed by atoms with Crippen LogP contribution in [0.1, 0.15) is 31.5 Å². The van der Waals surface area contributed by atoms with Crippen LogP contribution in [-0.2, 0) is 19.2 Å². The van der Waals surface area contributed by atoms with Gasteiger partial charge in [-0.3, -0.25) is 14.5 Å². The molecule has 1 unspecified atom stereocenters. The maximum atomic E-state index is 12.8. The van der Waals surface area contributed by atoms with E-state index in [1.807, 2.05) is 0 Å². The monoisotopic (exact) mass is 438 g/mol. The van der Waals surface area contributed by atoms with Crippen LogP contribution in [0.5, 0.6) is 0 Å². The molecule has 1 saturated heterocycles. The number of hydrogen-bond acceptors (Lipinski definition) is 10. The molecule has 29 heavy (non-hydrogen) atoms. The van der Waals surface area contributed by atoms with Gasteiger partial charge in [-0.1, -0.05) is 5.16 Å². The van der Waals surface area contributed by atoms with Crippen molar-refractivity contribution in [2.24, 2.45) is 5.16 Å². The molecule has 2 amide bonds. The number of carboxylic acids is 1. The van der Waals surface area contributed by atoms with Gasteiger partial charge in [0.15, 0.2) is 5.13 Å². The van der Waals surface area contributed by atoms with Crippen LogP contribution in [0.15, 0.2) is 16.9 Å². The number of nitrogens with two attached hydrogens (primary N) is 1. The van der Waals surface area contributed by atoms with Crippen molar-refractivity contribution in [3.63, 3.8) is 0 Å². The Bertz CT molecular complexity index is 909. The van der Waals surface area contributed by atoms with Crippen LogP contribution in [0.4, 0.5) is 5.13 Å². The highest BCUT2D eigenvalue weighted by Gasteiger charge is 2.53. The van der Waals surface area contributed by atoms with Crippen molar-refractivity contribution >= 4 is 51.9 Å². The molecule has 3 heterocycles. The van der Waals surface area contributed by atoms with Crippen molar-refractivity contribution in [2.75, 3.05) is 11.5 Å². The van der Waals surface area contributed by atoms with Crippen molar-refractivity contribution < 1.29 is 24.3 Å². The molecule has 1 aliphatic carbocycles. The Morgan fingerprint density at radius 2 is 2.14 bits per heavy atom. The summed E-state index contributed by atoms with van der Waals surface area (Å²) in [5.41, 5.74) is 5.38. The molecule has 13 heteroatoms. The van der Waals surface area contributed by atoms with Gasteiger partial charge in [0.1, 0.15) is 23.2 Å². The Kier molecular flexibility index (Phi) is 5.41. The Balaban J connectivity index is 1.50. The van der Waals surface area contributed by atoms with Gasteiger partial charge < -0.3 is 21.0 Å². The minimum Gasteiger partial charge on any atom is -0.477 e. The number of nitrogens with zero attached hydrogens (tertiary/aromatic N) is 4. The highest BCUT2D eigenvalue weighted by Crippen LogP contribution is 2.37. The Labute approximate surface area is 173 Å². The van der Waals surface area contributed by atoms with E-state index in [2.05, 4.69) is 19.8 Å². The van der Waals surface area contributed by atoms with Gasteiger partial charge in [-0.15, -0.1) is 11.8 Å². The van der Waals surface area contributed by atoms with Crippen molar-refractivity contribution in [1.29, 1.82) is 0 Å². The average Bonchev–Trinajstić information content (AvgIpc) is 3.37. The first-order chi connectivity index (χ1) is 14.0. The van der Waals surface area contributed by atoms with E-state index in [1.165, 1.54) is 22.7 Å². The number of nitrogen functional groups attached to an aromatic ring is 1. The number of hydrogen-bond donors (Lipinski definition) is 3. The molecule has 2 atom stereocenters. The summed E-state index contributed by atoms with van der Waals surface area (Å²) in [5, 5.41) is 15.5. The van der Waals surface area contributed by atoms with E-state index in [-0.39, 0.29) is 28.5 Å². The summed E-state index contributed by atoms with van der Waals surface area (Å²) < 4.78 is 4.02. The van der Waals surface area contributed by atoms with E-state index in [4.69, 9.17) is 10.6 Å². The minimum atomic E-state index is -1.18. The van der Waals surface area contributed by atoms with E-state index >= 15 is 0 Å². The summed E-state index contributed by atoms with van der Waals surface area (Å²) in [5.74, 6) is -1.90. The van der Waals surface area contributed by atoms with E-state index in [0.717, 1.165) is 37.2 Å².